The molecule has 0 unspecified atom stereocenters. The fraction of sp³-hybridized carbons (Fsp3) is 0.348. The second-order valence-electron chi connectivity index (χ2n) is 7.62. The maximum Gasteiger partial charge on any atom is 0.257 e. The van der Waals surface area contributed by atoms with Crippen molar-refractivity contribution >= 4 is 28.5 Å². The lowest BCUT2D eigenvalue weighted by atomic mass is 10.00. The molecule has 2 aromatic rings. The summed E-state index contributed by atoms with van der Waals surface area (Å²) in [6.45, 7) is 6.86. The average Bonchev–Trinajstić information content (AvgIpc) is 3.03. The summed E-state index contributed by atoms with van der Waals surface area (Å²) in [4.78, 5) is 12.3. The van der Waals surface area contributed by atoms with Crippen molar-refractivity contribution in [2.24, 2.45) is 5.92 Å². The van der Waals surface area contributed by atoms with Gasteiger partial charge in [0.25, 0.3) is 5.91 Å². The Kier molecular flexibility index (Phi) is 5.35. The van der Waals surface area contributed by atoms with Gasteiger partial charge in [-0.2, -0.15) is 0 Å². The van der Waals surface area contributed by atoms with E-state index in [9.17, 15) is 4.79 Å². The third-order valence-electron chi connectivity index (χ3n) is 5.57. The number of aryl methyl sites for hydroxylation is 2. The molecule has 2 heterocycles. The van der Waals surface area contributed by atoms with E-state index in [0.29, 0.717) is 11.5 Å². The lowest BCUT2D eigenvalue weighted by Crippen LogP contribution is -2.22. The van der Waals surface area contributed by atoms with Crippen LogP contribution in [0, 0.1) is 19.8 Å². The van der Waals surface area contributed by atoms with Crippen LogP contribution in [0.4, 0.5) is 17.1 Å². The van der Waals surface area contributed by atoms with Crippen molar-refractivity contribution in [3.05, 3.63) is 59.3 Å². The van der Waals surface area contributed by atoms with Gasteiger partial charge < -0.3 is 20.7 Å². The quantitative estimate of drug-likeness (QED) is 0.669. The van der Waals surface area contributed by atoms with Crippen molar-refractivity contribution < 1.29 is 9.53 Å². The number of carbonyl (C=O) groups is 1. The molecule has 0 saturated carbocycles. The summed E-state index contributed by atoms with van der Waals surface area (Å²) >= 11 is 0. The van der Waals surface area contributed by atoms with E-state index in [1.807, 2.05) is 31.2 Å². The molecule has 2 aliphatic heterocycles. The first-order valence-corrected chi connectivity index (χ1v) is 9.92. The van der Waals surface area contributed by atoms with Crippen LogP contribution in [0.1, 0.15) is 29.5 Å². The smallest absolute Gasteiger partial charge is 0.257 e. The number of ether oxygens (including phenoxy) is 1. The summed E-state index contributed by atoms with van der Waals surface area (Å²) in [5.74, 6) is 0.614. The minimum atomic E-state index is -0.0664. The highest BCUT2D eigenvalue weighted by atomic mass is 16.5. The molecule has 5 heteroatoms. The third kappa shape index (κ3) is 3.90. The van der Waals surface area contributed by atoms with Crippen LogP contribution in [0.25, 0.3) is 5.57 Å². The SMILES string of the molecule is Cc1cc(NC=C2C(=O)Nc3cccc(C)c32)ccc1NCC1CCOCC1. The number of nitrogens with one attached hydrogen (secondary N) is 3. The zero-order valence-corrected chi connectivity index (χ0v) is 16.5. The molecular weight excluding hydrogens is 350 g/mol. The van der Waals surface area contributed by atoms with E-state index in [1.165, 1.54) is 5.56 Å². The molecule has 0 atom stereocenters. The number of benzene rings is 2. The first-order chi connectivity index (χ1) is 13.6. The zero-order valence-electron chi connectivity index (χ0n) is 16.5. The summed E-state index contributed by atoms with van der Waals surface area (Å²) in [5, 5.41) is 9.79. The molecule has 146 valence electrons. The molecule has 0 aliphatic carbocycles. The largest absolute Gasteiger partial charge is 0.385 e. The van der Waals surface area contributed by atoms with E-state index in [2.05, 4.69) is 35.0 Å². The Balaban J connectivity index is 1.44. The standard InChI is InChI=1S/C23H27N3O2/c1-15-4-3-5-21-22(15)19(23(27)26-21)14-24-18-6-7-20(16(2)12-18)25-13-17-8-10-28-11-9-17/h3-7,12,14,17,24-25H,8-11,13H2,1-2H3,(H,26,27). The molecule has 2 aliphatic rings. The maximum atomic E-state index is 12.3. The number of hydrogen-bond donors (Lipinski definition) is 3. The van der Waals surface area contributed by atoms with Gasteiger partial charge in [0.05, 0.1) is 5.57 Å². The summed E-state index contributed by atoms with van der Waals surface area (Å²) < 4.78 is 5.43. The second-order valence-corrected chi connectivity index (χ2v) is 7.62. The zero-order chi connectivity index (χ0) is 19.5. The molecule has 3 N–H and O–H groups in total. The van der Waals surface area contributed by atoms with E-state index in [-0.39, 0.29) is 5.91 Å². The Bertz CT molecular complexity index is 914. The van der Waals surface area contributed by atoms with Gasteiger partial charge in [0.2, 0.25) is 0 Å². The summed E-state index contributed by atoms with van der Waals surface area (Å²) in [7, 11) is 0. The predicted molar refractivity (Wildman–Crippen MR) is 115 cm³/mol. The van der Waals surface area contributed by atoms with Gasteiger partial charge in [0, 0.05) is 48.6 Å². The van der Waals surface area contributed by atoms with Crippen LogP contribution in [-0.2, 0) is 9.53 Å². The normalized spacial score (nSPS) is 18.1. The van der Waals surface area contributed by atoms with Crippen molar-refractivity contribution in [2.75, 3.05) is 35.7 Å². The first-order valence-electron chi connectivity index (χ1n) is 9.92. The van der Waals surface area contributed by atoms with Crippen molar-refractivity contribution in [1.29, 1.82) is 0 Å². The molecule has 0 radical (unpaired) electrons. The monoisotopic (exact) mass is 377 g/mol. The van der Waals surface area contributed by atoms with E-state index in [4.69, 9.17) is 4.74 Å². The van der Waals surface area contributed by atoms with Crippen LogP contribution < -0.4 is 16.0 Å². The van der Waals surface area contributed by atoms with Crippen LogP contribution in [0.2, 0.25) is 0 Å². The summed E-state index contributed by atoms with van der Waals surface area (Å²) in [5.41, 5.74) is 6.93. The van der Waals surface area contributed by atoms with Gasteiger partial charge in [-0.05, 0) is 68.0 Å². The Morgan fingerprint density at radius 2 is 1.96 bits per heavy atom. The molecule has 1 fully saturated rings. The molecule has 0 bridgehead atoms. The number of hydrogen-bond acceptors (Lipinski definition) is 4. The van der Waals surface area contributed by atoms with Gasteiger partial charge in [-0.15, -0.1) is 0 Å². The van der Waals surface area contributed by atoms with E-state index in [1.54, 1.807) is 6.20 Å². The highest BCUT2D eigenvalue weighted by Crippen LogP contribution is 2.34. The van der Waals surface area contributed by atoms with Gasteiger partial charge in [-0.25, -0.2) is 0 Å². The number of fused-ring (bicyclic) bond motifs is 1. The Morgan fingerprint density at radius 1 is 1.14 bits per heavy atom. The minimum absolute atomic E-state index is 0.0664. The van der Waals surface area contributed by atoms with Crippen LogP contribution >= 0.6 is 0 Å². The van der Waals surface area contributed by atoms with E-state index in [0.717, 1.165) is 60.8 Å². The van der Waals surface area contributed by atoms with Crippen molar-refractivity contribution in [2.45, 2.75) is 26.7 Å². The molecule has 0 aromatic heterocycles. The molecule has 1 saturated heterocycles. The fourth-order valence-electron chi connectivity index (χ4n) is 3.88. The molecule has 0 spiro atoms. The van der Waals surface area contributed by atoms with Gasteiger partial charge in [-0.3, -0.25) is 4.79 Å². The van der Waals surface area contributed by atoms with Gasteiger partial charge in [-0.1, -0.05) is 12.1 Å². The fourth-order valence-corrected chi connectivity index (χ4v) is 3.88. The molecule has 5 nitrogen and oxygen atoms in total. The van der Waals surface area contributed by atoms with Gasteiger partial charge in [0.1, 0.15) is 0 Å². The number of rotatable bonds is 5. The summed E-state index contributed by atoms with van der Waals surface area (Å²) in [6, 6.07) is 12.2. The average molecular weight is 377 g/mol. The molecule has 2 aromatic carbocycles. The maximum absolute atomic E-state index is 12.3. The van der Waals surface area contributed by atoms with E-state index >= 15 is 0 Å². The predicted octanol–water partition coefficient (Wildman–Crippen LogP) is 4.55. The first kappa shape index (κ1) is 18.6. The lowest BCUT2D eigenvalue weighted by Gasteiger charge is -2.23. The number of anilines is 3. The van der Waals surface area contributed by atoms with E-state index < -0.39 is 0 Å². The number of amides is 1. The Morgan fingerprint density at radius 3 is 2.75 bits per heavy atom. The highest BCUT2D eigenvalue weighted by Gasteiger charge is 2.25. The molecule has 28 heavy (non-hydrogen) atoms. The topological polar surface area (TPSA) is 62.4 Å². The lowest BCUT2D eigenvalue weighted by molar-refractivity contribution is -0.110. The second kappa shape index (κ2) is 8.07. The van der Waals surface area contributed by atoms with Crippen molar-refractivity contribution in [1.82, 2.24) is 0 Å². The minimum Gasteiger partial charge on any atom is -0.385 e. The van der Waals surface area contributed by atoms with Crippen LogP contribution in [-0.4, -0.2) is 25.7 Å². The van der Waals surface area contributed by atoms with Crippen molar-refractivity contribution in [3.63, 3.8) is 0 Å². The summed E-state index contributed by atoms with van der Waals surface area (Å²) in [6.07, 6.45) is 4.06. The van der Waals surface area contributed by atoms with Crippen LogP contribution in [0.3, 0.4) is 0 Å². The van der Waals surface area contributed by atoms with Crippen LogP contribution in [0.15, 0.2) is 42.6 Å². The molecular formula is C23H27N3O2. The Hall–Kier alpha value is -2.79. The van der Waals surface area contributed by atoms with Crippen molar-refractivity contribution in [3.8, 4) is 0 Å². The van der Waals surface area contributed by atoms with Gasteiger partial charge in [0.15, 0.2) is 0 Å². The highest BCUT2D eigenvalue weighted by molar-refractivity contribution is 6.32. The van der Waals surface area contributed by atoms with Crippen LogP contribution in [0.5, 0.6) is 0 Å². The molecule has 4 rings (SSSR count). The third-order valence-corrected chi connectivity index (χ3v) is 5.57. The molecule has 1 amide bonds. The Labute approximate surface area is 166 Å². The van der Waals surface area contributed by atoms with Gasteiger partial charge >= 0.3 is 0 Å². The number of carbonyl (C=O) groups excluding carboxylic acids is 1.